The summed E-state index contributed by atoms with van der Waals surface area (Å²) in [7, 11) is 0. The van der Waals surface area contributed by atoms with E-state index in [2.05, 4.69) is 21.2 Å². The van der Waals surface area contributed by atoms with Crippen molar-refractivity contribution in [3.05, 3.63) is 104 Å². The molecule has 0 atom stereocenters. The van der Waals surface area contributed by atoms with Crippen LogP contribution in [0.1, 0.15) is 18.1 Å². The van der Waals surface area contributed by atoms with Crippen molar-refractivity contribution in [2.45, 2.75) is 13.5 Å². The van der Waals surface area contributed by atoms with E-state index in [0.29, 0.717) is 45.5 Å². The monoisotopic (exact) mass is 650 g/mol. The zero-order valence-electron chi connectivity index (χ0n) is 21.9. The Morgan fingerprint density at radius 3 is 2.54 bits per heavy atom. The minimum Gasteiger partial charge on any atom is -0.494 e. The van der Waals surface area contributed by atoms with Crippen molar-refractivity contribution in [1.29, 1.82) is 0 Å². The summed E-state index contributed by atoms with van der Waals surface area (Å²) >= 11 is 10.8. The Labute approximate surface area is 254 Å². The number of thioether (sulfide) groups is 1. The fraction of sp³-hybridized carbons (Fsp3) is 0.129. The molecule has 7 nitrogen and oxygen atoms in total. The summed E-state index contributed by atoms with van der Waals surface area (Å²) in [5, 5.41) is 4.74. The molecule has 1 aliphatic heterocycles. The van der Waals surface area contributed by atoms with Gasteiger partial charge in [0.15, 0.2) is 5.75 Å². The van der Waals surface area contributed by atoms with Gasteiger partial charge in [0.25, 0.3) is 11.1 Å². The van der Waals surface area contributed by atoms with Crippen LogP contribution in [0.2, 0.25) is 5.02 Å². The van der Waals surface area contributed by atoms with Crippen molar-refractivity contribution in [2.24, 2.45) is 0 Å². The van der Waals surface area contributed by atoms with E-state index in [9.17, 15) is 14.4 Å². The molecule has 0 bridgehead atoms. The number of amides is 3. The predicted octanol–water partition coefficient (Wildman–Crippen LogP) is 7.91. The number of hydrogen-bond donors (Lipinski definition) is 1. The molecule has 4 aromatic rings. The Hall–Kier alpha value is -3.79. The maximum Gasteiger partial charge on any atom is 0.294 e. The summed E-state index contributed by atoms with van der Waals surface area (Å²) in [6, 6.07) is 24.4. The highest BCUT2D eigenvalue weighted by atomic mass is 79.9. The summed E-state index contributed by atoms with van der Waals surface area (Å²) in [6.07, 6.45) is 1.57. The smallest absolute Gasteiger partial charge is 0.294 e. The second kappa shape index (κ2) is 12.8. The molecule has 1 saturated heterocycles. The van der Waals surface area contributed by atoms with Gasteiger partial charge in [0.1, 0.15) is 18.9 Å². The highest BCUT2D eigenvalue weighted by Gasteiger charge is 2.36. The maximum absolute atomic E-state index is 13.0. The Morgan fingerprint density at radius 1 is 1.02 bits per heavy atom. The van der Waals surface area contributed by atoms with Crippen LogP contribution >= 0.6 is 39.3 Å². The number of nitrogens with zero attached hydrogens (tertiary/aromatic N) is 1. The number of halogens is 2. The molecule has 0 spiro atoms. The third-order valence-corrected chi connectivity index (χ3v) is 7.97. The van der Waals surface area contributed by atoms with Crippen LogP contribution in [0.5, 0.6) is 11.5 Å². The standard InChI is InChI=1S/C31H24BrClN2O5S/c1-2-39-23-12-10-22(11-13-23)34-28(36)17-35-30(37)27(41-31(35)38)16-19-14-25(32)29(26(33)15-19)40-18-21-8-5-7-20-6-3-4-9-24(20)21/h3-16H,2,17-18H2,1H3,(H,34,36)/b27-16+. The lowest BCUT2D eigenvalue weighted by Gasteiger charge is -2.13. The van der Waals surface area contributed by atoms with E-state index in [1.165, 1.54) is 0 Å². The van der Waals surface area contributed by atoms with E-state index < -0.39 is 23.6 Å². The zero-order valence-corrected chi connectivity index (χ0v) is 25.0. The number of hydrogen-bond acceptors (Lipinski definition) is 6. The van der Waals surface area contributed by atoms with Gasteiger partial charge in [-0.1, -0.05) is 54.1 Å². The van der Waals surface area contributed by atoms with Crippen molar-refractivity contribution < 1.29 is 23.9 Å². The number of carbonyl (C=O) groups excluding carboxylic acids is 3. The molecule has 1 N–H and O–H groups in total. The van der Waals surface area contributed by atoms with Crippen molar-refractivity contribution in [2.75, 3.05) is 18.5 Å². The van der Waals surface area contributed by atoms with E-state index in [1.54, 1.807) is 42.5 Å². The minimum absolute atomic E-state index is 0.191. The van der Waals surface area contributed by atoms with Crippen LogP contribution in [0.15, 0.2) is 88.2 Å². The van der Waals surface area contributed by atoms with E-state index in [4.69, 9.17) is 21.1 Å². The second-order valence-electron chi connectivity index (χ2n) is 9.01. The Morgan fingerprint density at radius 2 is 1.78 bits per heavy atom. The van der Waals surface area contributed by atoms with E-state index in [1.807, 2.05) is 49.4 Å². The molecule has 1 fully saturated rings. The van der Waals surface area contributed by atoms with Gasteiger partial charge in [0, 0.05) is 5.69 Å². The molecule has 5 rings (SSSR count). The first-order valence-corrected chi connectivity index (χ1v) is 14.7. The Bertz CT molecular complexity index is 1650. The largest absolute Gasteiger partial charge is 0.494 e. The van der Waals surface area contributed by atoms with Crippen molar-refractivity contribution >= 4 is 78.9 Å². The first-order chi connectivity index (χ1) is 19.8. The molecular formula is C31H24BrClN2O5S. The molecule has 0 aliphatic carbocycles. The molecule has 3 amide bonds. The molecule has 208 valence electrons. The number of fused-ring (bicyclic) bond motifs is 1. The Kier molecular flexibility index (Phi) is 8.97. The van der Waals surface area contributed by atoms with Crippen molar-refractivity contribution in [3.8, 4) is 11.5 Å². The molecule has 0 aromatic heterocycles. The molecule has 0 saturated carbocycles. The summed E-state index contributed by atoms with van der Waals surface area (Å²) in [6.45, 7) is 2.33. The zero-order chi connectivity index (χ0) is 28.9. The molecule has 1 heterocycles. The predicted molar refractivity (Wildman–Crippen MR) is 166 cm³/mol. The molecule has 0 unspecified atom stereocenters. The molecule has 0 radical (unpaired) electrons. The van der Waals surface area contributed by atoms with Crippen molar-refractivity contribution in [3.63, 3.8) is 0 Å². The van der Waals surface area contributed by atoms with Gasteiger partial charge in [0.05, 0.1) is 21.0 Å². The van der Waals surface area contributed by atoms with Gasteiger partial charge in [-0.2, -0.15) is 0 Å². The van der Waals surface area contributed by atoms with Crippen molar-refractivity contribution in [1.82, 2.24) is 4.90 Å². The van der Waals surface area contributed by atoms with Gasteiger partial charge in [-0.05, 0) is 99.0 Å². The lowest BCUT2D eigenvalue weighted by Crippen LogP contribution is -2.36. The fourth-order valence-corrected chi connectivity index (χ4v) is 6.13. The van der Waals surface area contributed by atoms with Crippen LogP contribution in [0.3, 0.4) is 0 Å². The highest BCUT2D eigenvalue weighted by Crippen LogP contribution is 2.38. The molecule has 1 aliphatic rings. The summed E-state index contributed by atoms with van der Waals surface area (Å²) < 4.78 is 12.1. The third-order valence-electron chi connectivity index (χ3n) is 6.19. The number of rotatable bonds is 9. The number of ether oxygens (including phenoxy) is 2. The van der Waals surface area contributed by atoms with Gasteiger partial charge < -0.3 is 14.8 Å². The topological polar surface area (TPSA) is 84.9 Å². The maximum atomic E-state index is 13.0. The number of carbonyl (C=O) groups is 3. The summed E-state index contributed by atoms with van der Waals surface area (Å²) in [4.78, 5) is 39.2. The number of nitrogens with one attached hydrogen (secondary N) is 1. The average Bonchev–Trinajstić information content (AvgIpc) is 3.21. The molecule has 10 heteroatoms. The first-order valence-electron chi connectivity index (χ1n) is 12.7. The number of benzene rings is 4. The quantitative estimate of drug-likeness (QED) is 0.185. The first kappa shape index (κ1) is 28.7. The molecule has 4 aromatic carbocycles. The van der Waals surface area contributed by atoms with E-state index in [-0.39, 0.29) is 4.91 Å². The van der Waals surface area contributed by atoms with Crippen LogP contribution in [-0.4, -0.2) is 35.1 Å². The highest BCUT2D eigenvalue weighted by molar-refractivity contribution is 9.10. The average molecular weight is 652 g/mol. The SMILES string of the molecule is CCOc1ccc(NC(=O)CN2C(=O)S/C(=C/c3cc(Cl)c(OCc4cccc5ccccc45)c(Br)c3)C2=O)cc1. The lowest BCUT2D eigenvalue weighted by molar-refractivity contribution is -0.127. The van der Waals surface area contributed by atoms with Crippen LogP contribution in [0.4, 0.5) is 10.5 Å². The Balaban J connectivity index is 1.25. The minimum atomic E-state index is -0.551. The second-order valence-corrected chi connectivity index (χ2v) is 11.3. The fourth-order valence-electron chi connectivity index (χ4n) is 4.30. The number of anilines is 1. The van der Waals surface area contributed by atoms with Gasteiger partial charge in [0.2, 0.25) is 5.91 Å². The lowest BCUT2D eigenvalue weighted by atomic mass is 10.1. The normalized spacial score (nSPS) is 14.1. The summed E-state index contributed by atoms with van der Waals surface area (Å²) in [5.74, 6) is 0.107. The van der Waals surface area contributed by atoms with Crippen LogP contribution in [0.25, 0.3) is 16.8 Å². The van der Waals surface area contributed by atoms with Crippen LogP contribution in [-0.2, 0) is 16.2 Å². The van der Waals surface area contributed by atoms with Gasteiger partial charge in [-0.3, -0.25) is 19.3 Å². The number of imide groups is 1. The van der Waals surface area contributed by atoms with Gasteiger partial charge in [-0.25, -0.2) is 0 Å². The van der Waals surface area contributed by atoms with E-state index >= 15 is 0 Å². The van der Waals surface area contributed by atoms with Gasteiger partial charge in [-0.15, -0.1) is 0 Å². The summed E-state index contributed by atoms with van der Waals surface area (Å²) in [5.41, 5.74) is 2.15. The van der Waals surface area contributed by atoms with E-state index in [0.717, 1.165) is 33.0 Å². The van der Waals surface area contributed by atoms with Gasteiger partial charge >= 0.3 is 0 Å². The third kappa shape index (κ3) is 6.75. The molecule has 41 heavy (non-hydrogen) atoms. The van der Waals surface area contributed by atoms with Crippen LogP contribution in [0, 0.1) is 0 Å². The molecular weight excluding hydrogens is 628 g/mol. The van der Waals surface area contributed by atoms with Crippen LogP contribution < -0.4 is 14.8 Å².